The van der Waals surface area contributed by atoms with E-state index < -0.39 is 23.6 Å². The first-order valence-corrected chi connectivity index (χ1v) is 4.81. The van der Waals surface area contributed by atoms with Gasteiger partial charge in [-0.05, 0) is 31.5 Å². The van der Waals surface area contributed by atoms with Crippen molar-refractivity contribution in [3.05, 3.63) is 29.1 Å². The average molecular weight is 228 g/mol. The molecular weight excluding hydrogens is 215 g/mol. The number of ether oxygens (including phenoxy) is 1. The standard InChI is InChI=1S/C11H13FO4/c1-3-16-11(15)10(14)7-4-6(2)5-8(12)9(7)13/h4-5,10,13-14H,3H2,1-2H3. The number of phenolic OH excluding ortho intramolecular Hbond substituents is 1. The number of aryl methyl sites for hydroxylation is 1. The minimum atomic E-state index is -1.67. The number of carbonyl (C=O) groups excluding carboxylic acids is 1. The first kappa shape index (κ1) is 12.4. The monoisotopic (exact) mass is 228 g/mol. The molecule has 4 nitrogen and oxygen atoms in total. The number of esters is 1. The van der Waals surface area contributed by atoms with Crippen LogP contribution in [0, 0.1) is 12.7 Å². The number of rotatable bonds is 3. The van der Waals surface area contributed by atoms with E-state index in [-0.39, 0.29) is 12.2 Å². The van der Waals surface area contributed by atoms with E-state index in [0.717, 1.165) is 6.07 Å². The van der Waals surface area contributed by atoms with Crippen LogP contribution < -0.4 is 0 Å². The third-order valence-electron chi connectivity index (χ3n) is 2.04. The molecule has 1 aromatic carbocycles. The van der Waals surface area contributed by atoms with E-state index in [1.165, 1.54) is 6.07 Å². The molecule has 1 rings (SSSR count). The van der Waals surface area contributed by atoms with Crippen LogP contribution in [0.2, 0.25) is 0 Å². The first-order chi connectivity index (χ1) is 7.47. The molecule has 1 atom stereocenters. The summed E-state index contributed by atoms with van der Waals surface area (Å²) in [7, 11) is 0. The number of hydrogen-bond acceptors (Lipinski definition) is 4. The summed E-state index contributed by atoms with van der Waals surface area (Å²) in [5.41, 5.74) is 0.310. The molecule has 0 saturated carbocycles. The minimum absolute atomic E-state index is 0.102. The molecule has 5 heteroatoms. The fourth-order valence-corrected chi connectivity index (χ4v) is 1.32. The molecule has 88 valence electrons. The number of benzene rings is 1. The molecule has 0 spiro atoms. The molecule has 2 N–H and O–H groups in total. The van der Waals surface area contributed by atoms with Gasteiger partial charge in [0.1, 0.15) is 0 Å². The molecular formula is C11H13FO4. The van der Waals surface area contributed by atoms with Gasteiger partial charge in [-0.25, -0.2) is 9.18 Å². The highest BCUT2D eigenvalue weighted by atomic mass is 19.1. The maximum Gasteiger partial charge on any atom is 0.339 e. The van der Waals surface area contributed by atoms with Crippen LogP contribution in [0.3, 0.4) is 0 Å². The van der Waals surface area contributed by atoms with E-state index in [1.807, 2.05) is 0 Å². The lowest BCUT2D eigenvalue weighted by molar-refractivity contribution is -0.153. The molecule has 1 aromatic rings. The highest BCUT2D eigenvalue weighted by molar-refractivity contribution is 5.77. The van der Waals surface area contributed by atoms with Crippen molar-refractivity contribution in [1.82, 2.24) is 0 Å². The zero-order valence-corrected chi connectivity index (χ0v) is 9.03. The third kappa shape index (κ3) is 2.49. The van der Waals surface area contributed by atoms with E-state index in [1.54, 1.807) is 13.8 Å². The lowest BCUT2D eigenvalue weighted by Gasteiger charge is -2.12. The van der Waals surface area contributed by atoms with Crippen molar-refractivity contribution in [3.8, 4) is 5.75 Å². The Morgan fingerprint density at radius 3 is 2.75 bits per heavy atom. The van der Waals surface area contributed by atoms with Crippen molar-refractivity contribution in [2.24, 2.45) is 0 Å². The second-order valence-corrected chi connectivity index (χ2v) is 3.34. The summed E-state index contributed by atoms with van der Waals surface area (Å²) < 4.78 is 17.7. The zero-order chi connectivity index (χ0) is 12.3. The van der Waals surface area contributed by atoms with Crippen LogP contribution >= 0.6 is 0 Å². The van der Waals surface area contributed by atoms with E-state index in [4.69, 9.17) is 0 Å². The van der Waals surface area contributed by atoms with Crippen LogP contribution in [0.25, 0.3) is 0 Å². The molecule has 0 aliphatic rings. The summed E-state index contributed by atoms with van der Waals surface area (Å²) in [6, 6.07) is 2.44. The van der Waals surface area contributed by atoms with E-state index in [9.17, 15) is 19.4 Å². The van der Waals surface area contributed by atoms with Crippen molar-refractivity contribution < 1.29 is 24.1 Å². The molecule has 0 heterocycles. The largest absolute Gasteiger partial charge is 0.505 e. The van der Waals surface area contributed by atoms with Crippen LogP contribution in [-0.4, -0.2) is 22.8 Å². The van der Waals surface area contributed by atoms with Crippen LogP contribution in [0.4, 0.5) is 4.39 Å². The number of halogens is 1. The molecule has 0 fully saturated rings. The summed E-state index contributed by atoms with van der Waals surface area (Å²) in [6.45, 7) is 3.27. The summed E-state index contributed by atoms with van der Waals surface area (Å²) in [4.78, 5) is 11.2. The fraction of sp³-hybridized carbons (Fsp3) is 0.364. The highest BCUT2D eigenvalue weighted by Gasteiger charge is 2.23. The predicted molar refractivity (Wildman–Crippen MR) is 54.4 cm³/mol. The Bertz CT molecular complexity index is 403. The maximum atomic E-state index is 13.1. The summed E-state index contributed by atoms with van der Waals surface area (Å²) in [5, 5.41) is 18.9. The Hall–Kier alpha value is -1.62. The zero-order valence-electron chi connectivity index (χ0n) is 9.03. The van der Waals surface area contributed by atoms with Gasteiger partial charge < -0.3 is 14.9 Å². The van der Waals surface area contributed by atoms with Gasteiger partial charge in [-0.15, -0.1) is 0 Å². The second kappa shape index (κ2) is 4.94. The molecule has 1 unspecified atom stereocenters. The summed E-state index contributed by atoms with van der Waals surface area (Å²) in [5.74, 6) is -2.52. The van der Waals surface area contributed by atoms with Gasteiger partial charge in [0.05, 0.1) is 6.61 Å². The molecule has 0 aliphatic heterocycles. The van der Waals surface area contributed by atoms with Gasteiger partial charge in [0.25, 0.3) is 0 Å². The Morgan fingerprint density at radius 2 is 2.19 bits per heavy atom. The number of phenols is 1. The van der Waals surface area contributed by atoms with Crippen molar-refractivity contribution in [1.29, 1.82) is 0 Å². The Labute approximate surface area is 92.3 Å². The van der Waals surface area contributed by atoms with Crippen molar-refractivity contribution >= 4 is 5.97 Å². The molecule has 0 aliphatic carbocycles. The van der Waals surface area contributed by atoms with E-state index >= 15 is 0 Å². The number of hydrogen-bond donors (Lipinski definition) is 2. The molecule has 0 saturated heterocycles. The number of carbonyl (C=O) groups is 1. The van der Waals surface area contributed by atoms with Gasteiger partial charge in [0, 0.05) is 5.56 Å². The second-order valence-electron chi connectivity index (χ2n) is 3.34. The van der Waals surface area contributed by atoms with Crippen LogP contribution in [0.5, 0.6) is 5.75 Å². The third-order valence-corrected chi connectivity index (χ3v) is 2.04. The molecule has 0 amide bonds. The van der Waals surface area contributed by atoms with Gasteiger partial charge in [-0.1, -0.05) is 0 Å². The average Bonchev–Trinajstić information content (AvgIpc) is 2.22. The molecule has 0 aromatic heterocycles. The van der Waals surface area contributed by atoms with Crippen LogP contribution in [-0.2, 0) is 9.53 Å². The van der Waals surface area contributed by atoms with Gasteiger partial charge in [0.2, 0.25) is 0 Å². The number of aromatic hydroxyl groups is 1. The summed E-state index contributed by atoms with van der Waals surface area (Å²) in [6.07, 6.45) is -1.67. The normalized spacial score (nSPS) is 12.2. The minimum Gasteiger partial charge on any atom is -0.505 e. The fourth-order valence-electron chi connectivity index (χ4n) is 1.32. The van der Waals surface area contributed by atoms with E-state index in [0.29, 0.717) is 5.56 Å². The smallest absolute Gasteiger partial charge is 0.339 e. The predicted octanol–water partition coefficient (Wildman–Crippen LogP) is 1.44. The van der Waals surface area contributed by atoms with Crippen molar-refractivity contribution in [2.75, 3.05) is 6.61 Å². The summed E-state index contributed by atoms with van der Waals surface area (Å²) >= 11 is 0. The SMILES string of the molecule is CCOC(=O)C(O)c1cc(C)cc(F)c1O. The lowest BCUT2D eigenvalue weighted by Crippen LogP contribution is -2.16. The number of aliphatic hydroxyl groups is 1. The topological polar surface area (TPSA) is 66.8 Å². The highest BCUT2D eigenvalue weighted by Crippen LogP contribution is 2.29. The number of aliphatic hydroxyl groups excluding tert-OH is 1. The Balaban J connectivity index is 3.08. The quantitative estimate of drug-likeness (QED) is 0.768. The Morgan fingerprint density at radius 1 is 1.56 bits per heavy atom. The van der Waals surface area contributed by atoms with E-state index in [2.05, 4.69) is 4.74 Å². The van der Waals surface area contributed by atoms with Gasteiger partial charge >= 0.3 is 5.97 Å². The van der Waals surface area contributed by atoms with Gasteiger partial charge in [-0.2, -0.15) is 0 Å². The molecule has 16 heavy (non-hydrogen) atoms. The molecule has 0 radical (unpaired) electrons. The van der Waals surface area contributed by atoms with Gasteiger partial charge in [0.15, 0.2) is 17.7 Å². The maximum absolute atomic E-state index is 13.1. The van der Waals surface area contributed by atoms with Crippen LogP contribution in [0.1, 0.15) is 24.2 Å². The van der Waals surface area contributed by atoms with Crippen molar-refractivity contribution in [2.45, 2.75) is 20.0 Å². The Kier molecular flexibility index (Phi) is 3.84. The van der Waals surface area contributed by atoms with Gasteiger partial charge in [-0.3, -0.25) is 0 Å². The van der Waals surface area contributed by atoms with Crippen molar-refractivity contribution in [3.63, 3.8) is 0 Å². The first-order valence-electron chi connectivity index (χ1n) is 4.81. The van der Waals surface area contributed by atoms with Crippen LogP contribution in [0.15, 0.2) is 12.1 Å². The lowest BCUT2D eigenvalue weighted by atomic mass is 10.0. The molecule has 0 bridgehead atoms.